The lowest BCUT2D eigenvalue weighted by molar-refractivity contribution is 0.289. The van der Waals surface area contributed by atoms with Crippen molar-refractivity contribution in [2.45, 2.75) is 20.3 Å². The van der Waals surface area contributed by atoms with Gasteiger partial charge >= 0.3 is 0 Å². The SMILES string of the molecule is CC(C)CCOc1ccc(C=NN=C(N)N)cc1Cl. The zero-order valence-corrected chi connectivity index (χ0v) is 11.9. The van der Waals surface area contributed by atoms with E-state index in [2.05, 4.69) is 24.1 Å². The molecule has 0 saturated heterocycles. The summed E-state index contributed by atoms with van der Waals surface area (Å²) in [5.74, 6) is 1.18. The molecule has 0 aromatic heterocycles. The zero-order chi connectivity index (χ0) is 14.3. The standard InChI is InChI=1S/C13H19ClN4O/c1-9(2)5-6-19-12-4-3-10(7-11(12)14)8-17-18-13(15)16/h3-4,7-9H,5-6H2,1-2H3,(H4,15,16,18). The van der Waals surface area contributed by atoms with E-state index >= 15 is 0 Å². The first-order chi connectivity index (χ1) is 8.99. The van der Waals surface area contributed by atoms with Crippen molar-refractivity contribution in [1.29, 1.82) is 0 Å². The summed E-state index contributed by atoms with van der Waals surface area (Å²) in [6, 6.07) is 5.39. The van der Waals surface area contributed by atoms with E-state index < -0.39 is 0 Å². The molecule has 0 saturated carbocycles. The van der Waals surface area contributed by atoms with Crippen LogP contribution in [-0.2, 0) is 0 Å². The molecule has 0 aliphatic rings. The predicted molar refractivity (Wildman–Crippen MR) is 79.8 cm³/mol. The molecule has 0 radical (unpaired) electrons. The van der Waals surface area contributed by atoms with Crippen molar-refractivity contribution in [3.8, 4) is 5.75 Å². The van der Waals surface area contributed by atoms with Crippen molar-refractivity contribution >= 4 is 23.8 Å². The number of benzene rings is 1. The van der Waals surface area contributed by atoms with Gasteiger partial charge in [0.25, 0.3) is 0 Å². The van der Waals surface area contributed by atoms with E-state index in [9.17, 15) is 0 Å². The van der Waals surface area contributed by atoms with Crippen molar-refractivity contribution in [3.05, 3.63) is 28.8 Å². The van der Waals surface area contributed by atoms with Crippen molar-refractivity contribution in [2.24, 2.45) is 27.6 Å². The predicted octanol–water partition coefficient (Wildman–Crippen LogP) is 2.37. The molecule has 4 N–H and O–H groups in total. The fourth-order valence-corrected chi connectivity index (χ4v) is 1.52. The molecule has 104 valence electrons. The van der Waals surface area contributed by atoms with Crippen LogP contribution in [-0.4, -0.2) is 18.8 Å². The Morgan fingerprint density at radius 3 is 2.74 bits per heavy atom. The van der Waals surface area contributed by atoms with Crippen molar-refractivity contribution in [1.82, 2.24) is 0 Å². The van der Waals surface area contributed by atoms with Crippen LogP contribution in [0.4, 0.5) is 0 Å². The topological polar surface area (TPSA) is 86.0 Å². The van der Waals surface area contributed by atoms with Crippen LogP contribution in [0.1, 0.15) is 25.8 Å². The Morgan fingerprint density at radius 2 is 2.16 bits per heavy atom. The van der Waals surface area contributed by atoms with E-state index in [1.165, 1.54) is 6.21 Å². The molecule has 1 rings (SSSR count). The minimum atomic E-state index is -0.0871. The van der Waals surface area contributed by atoms with Gasteiger partial charge in [-0.3, -0.25) is 0 Å². The lowest BCUT2D eigenvalue weighted by Crippen LogP contribution is -2.21. The van der Waals surface area contributed by atoms with Gasteiger partial charge in [-0.05, 0) is 36.1 Å². The molecule has 6 heteroatoms. The number of rotatable bonds is 6. The largest absolute Gasteiger partial charge is 0.492 e. The number of hydrogen-bond donors (Lipinski definition) is 2. The second-order valence-corrected chi connectivity index (χ2v) is 4.90. The Bertz CT molecular complexity index is 468. The molecule has 5 nitrogen and oxygen atoms in total. The van der Waals surface area contributed by atoms with Crippen LogP contribution < -0.4 is 16.2 Å². The lowest BCUT2D eigenvalue weighted by atomic mass is 10.1. The van der Waals surface area contributed by atoms with E-state index in [4.69, 9.17) is 27.8 Å². The van der Waals surface area contributed by atoms with Gasteiger partial charge in [-0.1, -0.05) is 25.4 Å². The van der Waals surface area contributed by atoms with Crippen LogP contribution in [0.2, 0.25) is 5.02 Å². The fourth-order valence-electron chi connectivity index (χ4n) is 1.28. The Hall–Kier alpha value is -1.75. The van der Waals surface area contributed by atoms with E-state index in [1.54, 1.807) is 12.1 Å². The number of ether oxygens (including phenoxy) is 1. The molecule has 1 aromatic carbocycles. The molecule has 0 heterocycles. The van der Waals surface area contributed by atoms with Crippen molar-refractivity contribution in [2.75, 3.05) is 6.61 Å². The van der Waals surface area contributed by atoms with Crippen LogP contribution in [0, 0.1) is 5.92 Å². The van der Waals surface area contributed by atoms with Crippen LogP contribution >= 0.6 is 11.6 Å². The highest BCUT2D eigenvalue weighted by atomic mass is 35.5. The summed E-state index contributed by atoms with van der Waals surface area (Å²) in [6.07, 6.45) is 2.51. The highest BCUT2D eigenvalue weighted by Gasteiger charge is 2.03. The molecule has 19 heavy (non-hydrogen) atoms. The van der Waals surface area contributed by atoms with Gasteiger partial charge < -0.3 is 16.2 Å². The normalized spacial score (nSPS) is 10.9. The maximum atomic E-state index is 6.11. The molecule has 0 bridgehead atoms. The van der Waals surface area contributed by atoms with Crippen LogP contribution in [0.5, 0.6) is 5.75 Å². The zero-order valence-electron chi connectivity index (χ0n) is 11.1. The molecule has 0 amide bonds. The summed E-state index contributed by atoms with van der Waals surface area (Å²) in [4.78, 5) is 0. The fraction of sp³-hybridized carbons (Fsp3) is 0.385. The Labute approximate surface area is 118 Å². The van der Waals surface area contributed by atoms with E-state index in [0.29, 0.717) is 23.3 Å². The Balaban J connectivity index is 2.64. The maximum absolute atomic E-state index is 6.11. The molecule has 0 fully saturated rings. The lowest BCUT2D eigenvalue weighted by Gasteiger charge is -2.09. The van der Waals surface area contributed by atoms with Gasteiger partial charge in [-0.2, -0.15) is 5.10 Å². The van der Waals surface area contributed by atoms with E-state index in [-0.39, 0.29) is 5.96 Å². The van der Waals surface area contributed by atoms with Crippen molar-refractivity contribution in [3.63, 3.8) is 0 Å². The first kappa shape index (κ1) is 15.3. The van der Waals surface area contributed by atoms with Gasteiger partial charge in [-0.25, -0.2) is 0 Å². The molecule has 0 aliphatic carbocycles. The molecular weight excluding hydrogens is 264 g/mol. The third kappa shape index (κ3) is 6.10. The second-order valence-electron chi connectivity index (χ2n) is 4.49. The summed E-state index contributed by atoms with van der Waals surface area (Å²) < 4.78 is 5.60. The average molecular weight is 283 g/mol. The van der Waals surface area contributed by atoms with E-state index in [1.807, 2.05) is 6.07 Å². The van der Waals surface area contributed by atoms with Gasteiger partial charge in [0.05, 0.1) is 17.8 Å². The summed E-state index contributed by atoms with van der Waals surface area (Å²) >= 11 is 6.11. The molecule has 0 spiro atoms. The Kier molecular flexibility index (Phi) is 6.15. The third-order valence-corrected chi connectivity index (χ3v) is 2.58. The summed E-state index contributed by atoms with van der Waals surface area (Å²) in [7, 11) is 0. The number of guanidine groups is 1. The Morgan fingerprint density at radius 1 is 1.42 bits per heavy atom. The minimum Gasteiger partial charge on any atom is -0.492 e. The second kappa shape index (κ2) is 7.63. The quantitative estimate of drug-likeness (QED) is 0.477. The van der Waals surface area contributed by atoms with Crippen LogP contribution in [0.3, 0.4) is 0 Å². The van der Waals surface area contributed by atoms with Gasteiger partial charge in [-0.15, -0.1) is 5.10 Å². The third-order valence-electron chi connectivity index (χ3n) is 2.29. The number of halogens is 1. The first-order valence-electron chi connectivity index (χ1n) is 6.03. The van der Waals surface area contributed by atoms with Crippen LogP contribution in [0.15, 0.2) is 28.4 Å². The molecule has 1 aromatic rings. The summed E-state index contributed by atoms with van der Waals surface area (Å²) in [6.45, 7) is 4.95. The summed E-state index contributed by atoms with van der Waals surface area (Å²) in [5, 5.41) is 7.76. The smallest absolute Gasteiger partial charge is 0.211 e. The van der Waals surface area contributed by atoms with Crippen molar-refractivity contribution < 1.29 is 4.74 Å². The van der Waals surface area contributed by atoms with Gasteiger partial charge in [0, 0.05) is 0 Å². The number of nitrogens with zero attached hydrogens (tertiary/aromatic N) is 2. The molecule has 0 aliphatic heterocycles. The number of nitrogens with two attached hydrogens (primary N) is 2. The highest BCUT2D eigenvalue weighted by molar-refractivity contribution is 6.32. The highest BCUT2D eigenvalue weighted by Crippen LogP contribution is 2.25. The first-order valence-corrected chi connectivity index (χ1v) is 6.41. The van der Waals surface area contributed by atoms with Crippen LogP contribution in [0.25, 0.3) is 0 Å². The summed E-state index contributed by atoms with van der Waals surface area (Å²) in [5.41, 5.74) is 11.1. The van der Waals surface area contributed by atoms with Gasteiger partial charge in [0.2, 0.25) is 5.96 Å². The number of hydrogen-bond acceptors (Lipinski definition) is 3. The maximum Gasteiger partial charge on any atom is 0.211 e. The molecule has 0 atom stereocenters. The van der Waals surface area contributed by atoms with E-state index in [0.717, 1.165) is 12.0 Å². The minimum absolute atomic E-state index is 0.0871. The molecular formula is C13H19ClN4O. The van der Waals surface area contributed by atoms with Gasteiger partial charge in [0.15, 0.2) is 0 Å². The van der Waals surface area contributed by atoms with Gasteiger partial charge in [0.1, 0.15) is 5.75 Å². The monoisotopic (exact) mass is 282 g/mol. The molecule has 0 unspecified atom stereocenters. The average Bonchev–Trinajstić information content (AvgIpc) is 2.31.